The van der Waals surface area contributed by atoms with Gasteiger partial charge < -0.3 is 9.05 Å². The van der Waals surface area contributed by atoms with Gasteiger partial charge in [-0.2, -0.15) is 0 Å². The molecule has 3 rings (SSSR count). The van der Waals surface area contributed by atoms with E-state index in [4.69, 9.17) is 14.6 Å². The van der Waals surface area contributed by atoms with Crippen molar-refractivity contribution in [2.45, 2.75) is 6.42 Å². The molecule has 1 aliphatic heterocycles. The molecule has 17 heavy (non-hydrogen) atoms. The number of fused-ring (bicyclic) bond motifs is 2. The van der Waals surface area contributed by atoms with Crippen LogP contribution in [0.2, 0.25) is 0 Å². The van der Waals surface area contributed by atoms with Gasteiger partial charge in [0.05, 0.1) is 0 Å². The zero-order valence-electron chi connectivity index (χ0n) is 9.17. The van der Waals surface area contributed by atoms with Crippen molar-refractivity contribution in [2.24, 2.45) is 5.50 Å². The van der Waals surface area contributed by atoms with Gasteiger partial charge in [-0.25, -0.2) is 5.50 Å². The summed E-state index contributed by atoms with van der Waals surface area (Å²) in [6.45, 7) is 0. The van der Waals surface area contributed by atoms with Gasteiger partial charge in [-0.05, 0) is 23.3 Å². The van der Waals surface area contributed by atoms with Crippen LogP contribution in [0.4, 0.5) is 0 Å². The summed E-state index contributed by atoms with van der Waals surface area (Å²) in [5.41, 5.74) is 8.13. The maximum absolute atomic E-state index is 5.85. The van der Waals surface area contributed by atoms with Crippen molar-refractivity contribution in [3.05, 3.63) is 59.7 Å². The Bertz CT molecular complexity index is 497. The Hall–Kier alpha value is -1.57. The van der Waals surface area contributed by atoms with Crippen LogP contribution in [0, 0.1) is 0 Å². The average molecular weight is 245 g/mol. The van der Waals surface area contributed by atoms with Crippen LogP contribution < -0.4 is 14.6 Å². The summed E-state index contributed by atoms with van der Waals surface area (Å²) in [4.78, 5) is 0. The summed E-state index contributed by atoms with van der Waals surface area (Å²) in [7, 11) is -1.41. The number of para-hydroxylation sites is 2. The van der Waals surface area contributed by atoms with Crippen molar-refractivity contribution in [1.29, 1.82) is 0 Å². The molecule has 0 unspecified atom stereocenters. The predicted octanol–water partition coefficient (Wildman–Crippen LogP) is 3.23. The van der Waals surface area contributed by atoms with Crippen molar-refractivity contribution in [1.82, 2.24) is 0 Å². The molecule has 0 atom stereocenters. The molecule has 2 aromatic carbocycles. The lowest BCUT2D eigenvalue weighted by Gasteiger charge is -2.21. The van der Waals surface area contributed by atoms with Crippen LogP contribution in [-0.4, -0.2) is 0 Å². The first-order valence-corrected chi connectivity index (χ1v) is 6.64. The Morgan fingerprint density at radius 2 is 1.29 bits per heavy atom. The molecule has 0 saturated heterocycles. The predicted molar refractivity (Wildman–Crippen MR) is 68.1 cm³/mol. The second kappa shape index (κ2) is 4.36. The lowest BCUT2D eigenvalue weighted by molar-refractivity contribution is 0.478. The third-order valence-corrected chi connectivity index (χ3v) is 3.46. The Labute approximate surface area is 101 Å². The minimum absolute atomic E-state index is 0.801. The minimum Gasteiger partial charge on any atom is -0.427 e. The van der Waals surface area contributed by atoms with E-state index in [1.807, 2.05) is 36.4 Å². The SMILES string of the molecule is NP1Oc2ccccc2Cc2ccccc2O1. The van der Waals surface area contributed by atoms with E-state index in [1.54, 1.807) is 0 Å². The molecule has 2 N–H and O–H groups in total. The molecule has 0 saturated carbocycles. The molecular weight excluding hydrogens is 233 g/mol. The van der Waals surface area contributed by atoms with E-state index in [9.17, 15) is 0 Å². The number of benzene rings is 2. The van der Waals surface area contributed by atoms with Crippen LogP contribution in [0.15, 0.2) is 48.5 Å². The summed E-state index contributed by atoms with van der Waals surface area (Å²) in [5.74, 6) is 1.63. The van der Waals surface area contributed by atoms with Crippen molar-refractivity contribution in [3.63, 3.8) is 0 Å². The first-order valence-electron chi connectivity index (χ1n) is 5.39. The van der Waals surface area contributed by atoms with Crippen molar-refractivity contribution in [3.8, 4) is 11.5 Å². The minimum atomic E-state index is -1.41. The first-order chi connectivity index (χ1) is 8.33. The lowest BCUT2D eigenvalue weighted by atomic mass is 10.0. The highest BCUT2D eigenvalue weighted by atomic mass is 31.2. The fourth-order valence-corrected chi connectivity index (χ4v) is 2.68. The van der Waals surface area contributed by atoms with Crippen LogP contribution in [0.5, 0.6) is 11.5 Å². The van der Waals surface area contributed by atoms with Gasteiger partial charge in [0.1, 0.15) is 11.5 Å². The fraction of sp³-hybridized carbons (Fsp3) is 0.0769. The maximum Gasteiger partial charge on any atom is 0.378 e. The number of nitrogens with two attached hydrogens (primary N) is 1. The molecule has 3 nitrogen and oxygen atoms in total. The van der Waals surface area contributed by atoms with E-state index in [-0.39, 0.29) is 0 Å². The molecule has 0 radical (unpaired) electrons. The molecule has 1 heterocycles. The summed E-state index contributed by atoms with van der Waals surface area (Å²) < 4.78 is 11.2. The molecule has 2 aromatic rings. The van der Waals surface area contributed by atoms with Crippen molar-refractivity contribution in [2.75, 3.05) is 0 Å². The first kappa shape index (κ1) is 10.6. The molecular formula is C13H12NO2P. The second-order valence-corrected chi connectivity index (χ2v) is 4.80. The van der Waals surface area contributed by atoms with E-state index in [1.165, 1.54) is 0 Å². The number of rotatable bonds is 0. The Morgan fingerprint density at radius 1 is 0.824 bits per heavy atom. The van der Waals surface area contributed by atoms with Crippen LogP contribution in [0.25, 0.3) is 0 Å². The quantitative estimate of drug-likeness (QED) is 0.725. The number of hydrogen-bond donors (Lipinski definition) is 1. The molecule has 86 valence electrons. The fourth-order valence-electron chi connectivity index (χ4n) is 1.90. The smallest absolute Gasteiger partial charge is 0.378 e. The molecule has 4 heteroatoms. The van der Waals surface area contributed by atoms with Gasteiger partial charge in [0.2, 0.25) is 0 Å². The Kier molecular flexibility index (Phi) is 2.71. The molecule has 0 amide bonds. The summed E-state index contributed by atoms with van der Waals surface area (Å²) in [6, 6.07) is 15.9. The second-order valence-electron chi connectivity index (χ2n) is 3.86. The molecule has 0 aromatic heterocycles. The van der Waals surface area contributed by atoms with E-state index in [0.29, 0.717) is 0 Å². The highest BCUT2D eigenvalue weighted by Gasteiger charge is 2.18. The van der Waals surface area contributed by atoms with Crippen LogP contribution in [0.3, 0.4) is 0 Å². The van der Waals surface area contributed by atoms with E-state index in [2.05, 4.69) is 12.1 Å². The van der Waals surface area contributed by atoms with Crippen molar-refractivity contribution >= 4 is 8.53 Å². The summed E-state index contributed by atoms with van der Waals surface area (Å²) >= 11 is 0. The highest BCUT2D eigenvalue weighted by Crippen LogP contribution is 2.40. The van der Waals surface area contributed by atoms with Crippen molar-refractivity contribution < 1.29 is 9.05 Å². The van der Waals surface area contributed by atoms with E-state index in [0.717, 1.165) is 29.0 Å². The summed E-state index contributed by atoms with van der Waals surface area (Å²) in [6.07, 6.45) is 0.801. The van der Waals surface area contributed by atoms with E-state index < -0.39 is 8.53 Å². The van der Waals surface area contributed by atoms with Crippen LogP contribution in [-0.2, 0) is 6.42 Å². The Balaban J connectivity index is 2.09. The maximum atomic E-state index is 5.85. The van der Waals surface area contributed by atoms with E-state index >= 15 is 0 Å². The molecule has 0 fully saturated rings. The van der Waals surface area contributed by atoms with Crippen LogP contribution in [0.1, 0.15) is 11.1 Å². The topological polar surface area (TPSA) is 44.5 Å². The molecule has 0 bridgehead atoms. The zero-order chi connectivity index (χ0) is 11.7. The normalized spacial score (nSPS) is 14.6. The number of hydrogen-bond acceptors (Lipinski definition) is 3. The van der Waals surface area contributed by atoms with Gasteiger partial charge >= 0.3 is 8.53 Å². The Morgan fingerprint density at radius 3 is 1.82 bits per heavy atom. The third kappa shape index (κ3) is 2.12. The van der Waals surface area contributed by atoms with Gasteiger partial charge in [-0.1, -0.05) is 36.4 Å². The lowest BCUT2D eigenvalue weighted by Crippen LogP contribution is -2.09. The van der Waals surface area contributed by atoms with Crippen LogP contribution >= 0.6 is 8.53 Å². The average Bonchev–Trinajstić information content (AvgIpc) is 2.31. The van der Waals surface area contributed by atoms with Gasteiger partial charge in [-0.15, -0.1) is 0 Å². The van der Waals surface area contributed by atoms with Gasteiger partial charge in [0.25, 0.3) is 0 Å². The molecule has 0 aliphatic carbocycles. The molecule has 1 aliphatic rings. The highest BCUT2D eigenvalue weighted by molar-refractivity contribution is 7.45. The van der Waals surface area contributed by atoms with Gasteiger partial charge in [0, 0.05) is 6.42 Å². The monoisotopic (exact) mass is 245 g/mol. The largest absolute Gasteiger partial charge is 0.427 e. The molecule has 0 spiro atoms. The van der Waals surface area contributed by atoms with Gasteiger partial charge in [0.15, 0.2) is 0 Å². The standard InChI is InChI=1S/C13H12NO2P/c14-17-15-12-7-3-1-5-10(12)9-11-6-2-4-8-13(11)16-17/h1-8H,9,14H2. The van der Waals surface area contributed by atoms with Gasteiger partial charge in [-0.3, -0.25) is 0 Å². The summed E-state index contributed by atoms with van der Waals surface area (Å²) in [5, 5.41) is 0. The zero-order valence-corrected chi connectivity index (χ0v) is 10.1. The third-order valence-electron chi connectivity index (χ3n) is 2.70.